The summed E-state index contributed by atoms with van der Waals surface area (Å²) in [5.41, 5.74) is 7.62. The molecule has 1 unspecified atom stereocenters. The molecule has 0 radical (unpaired) electrons. The number of carbonyl (C=O) groups is 2. The molecule has 0 aliphatic carbocycles. The summed E-state index contributed by atoms with van der Waals surface area (Å²) in [6.45, 7) is 1.91. The lowest BCUT2D eigenvalue weighted by Crippen LogP contribution is -2.26. The Morgan fingerprint density at radius 3 is 2.30 bits per heavy atom. The lowest BCUT2D eigenvalue weighted by molar-refractivity contribution is -0.121. The van der Waals surface area contributed by atoms with Crippen molar-refractivity contribution in [3.63, 3.8) is 0 Å². The van der Waals surface area contributed by atoms with Gasteiger partial charge in [-0.3, -0.25) is 4.79 Å². The van der Waals surface area contributed by atoms with Gasteiger partial charge in [-0.1, -0.05) is 18.2 Å². The Hall–Kier alpha value is -3.22. The number of amides is 3. The molecular weight excluding hydrogens is 346 g/mol. The molecular formula is C20H25N3O4. The maximum atomic E-state index is 12.2. The lowest BCUT2D eigenvalue weighted by atomic mass is 10.1. The number of methoxy groups -OCH3 is 2. The van der Waals surface area contributed by atoms with Gasteiger partial charge >= 0.3 is 6.03 Å². The van der Waals surface area contributed by atoms with E-state index < -0.39 is 6.03 Å². The Morgan fingerprint density at radius 2 is 1.70 bits per heavy atom. The Balaban J connectivity index is 1.88. The standard InChI is InChI=1S/C20H25N3O4/c1-13(15-6-8-16(9-7-15)23-20(21)25)22-19(24)11-5-14-4-10-17(26-2)18(12-14)27-3/h4,6-10,12-13H,5,11H2,1-3H3,(H,22,24)(H3,21,23,25). The normalized spacial score (nSPS) is 11.4. The van der Waals surface area contributed by atoms with Gasteiger partial charge in [0.2, 0.25) is 5.91 Å². The van der Waals surface area contributed by atoms with E-state index in [9.17, 15) is 9.59 Å². The summed E-state index contributed by atoms with van der Waals surface area (Å²) in [7, 11) is 3.17. The van der Waals surface area contributed by atoms with Crippen LogP contribution in [0.2, 0.25) is 0 Å². The van der Waals surface area contributed by atoms with Crippen molar-refractivity contribution in [3.8, 4) is 11.5 Å². The van der Waals surface area contributed by atoms with E-state index in [1.165, 1.54) is 0 Å². The molecule has 0 fully saturated rings. The molecule has 0 aliphatic heterocycles. The summed E-state index contributed by atoms with van der Waals surface area (Å²) in [5, 5.41) is 5.47. The Labute approximate surface area is 158 Å². The molecule has 0 bridgehead atoms. The molecule has 1 atom stereocenters. The third kappa shape index (κ3) is 5.91. The molecule has 0 aliphatic rings. The Kier molecular flexibility index (Phi) is 7.05. The van der Waals surface area contributed by atoms with Gasteiger partial charge in [-0.25, -0.2) is 4.79 Å². The average Bonchev–Trinajstić information content (AvgIpc) is 2.66. The van der Waals surface area contributed by atoms with Gasteiger partial charge in [-0.15, -0.1) is 0 Å². The molecule has 0 saturated carbocycles. The summed E-state index contributed by atoms with van der Waals surface area (Å²) in [6, 6.07) is 12.0. The van der Waals surface area contributed by atoms with Crippen molar-refractivity contribution in [1.82, 2.24) is 5.32 Å². The minimum atomic E-state index is -0.612. The van der Waals surface area contributed by atoms with Crippen LogP contribution in [-0.2, 0) is 11.2 Å². The fraction of sp³-hybridized carbons (Fsp3) is 0.300. The first-order valence-electron chi connectivity index (χ1n) is 8.59. The van der Waals surface area contributed by atoms with E-state index in [1.807, 2.05) is 37.3 Å². The number of urea groups is 1. The minimum Gasteiger partial charge on any atom is -0.493 e. The van der Waals surface area contributed by atoms with Gasteiger partial charge in [0.1, 0.15) is 0 Å². The number of ether oxygens (including phenoxy) is 2. The quantitative estimate of drug-likeness (QED) is 0.664. The third-order valence-electron chi connectivity index (χ3n) is 4.14. The molecule has 0 saturated heterocycles. The zero-order valence-electron chi connectivity index (χ0n) is 15.7. The highest BCUT2D eigenvalue weighted by atomic mass is 16.5. The molecule has 0 aromatic heterocycles. The summed E-state index contributed by atoms with van der Waals surface area (Å²) >= 11 is 0. The molecule has 0 heterocycles. The van der Waals surface area contributed by atoms with Gasteiger partial charge in [-0.05, 0) is 48.7 Å². The fourth-order valence-corrected chi connectivity index (χ4v) is 2.69. The number of aryl methyl sites for hydroxylation is 1. The number of anilines is 1. The summed E-state index contributed by atoms with van der Waals surface area (Å²) in [4.78, 5) is 23.1. The molecule has 2 aromatic rings. The average molecular weight is 371 g/mol. The van der Waals surface area contributed by atoms with Gasteiger partial charge in [0.05, 0.1) is 20.3 Å². The van der Waals surface area contributed by atoms with Crippen LogP contribution in [0.25, 0.3) is 0 Å². The number of hydrogen-bond donors (Lipinski definition) is 3. The number of hydrogen-bond acceptors (Lipinski definition) is 4. The van der Waals surface area contributed by atoms with Crippen molar-refractivity contribution < 1.29 is 19.1 Å². The monoisotopic (exact) mass is 371 g/mol. The summed E-state index contributed by atoms with van der Waals surface area (Å²) in [6.07, 6.45) is 0.960. The highest BCUT2D eigenvalue weighted by Gasteiger charge is 2.11. The predicted octanol–water partition coefficient (Wildman–Crippen LogP) is 3.00. The number of rotatable bonds is 8. The number of primary amides is 1. The molecule has 2 rings (SSSR count). The van der Waals surface area contributed by atoms with E-state index in [4.69, 9.17) is 15.2 Å². The van der Waals surface area contributed by atoms with Crippen LogP contribution in [0.4, 0.5) is 10.5 Å². The van der Waals surface area contributed by atoms with E-state index in [0.29, 0.717) is 30.0 Å². The second-order valence-electron chi connectivity index (χ2n) is 6.09. The van der Waals surface area contributed by atoms with Crippen LogP contribution in [0, 0.1) is 0 Å². The fourth-order valence-electron chi connectivity index (χ4n) is 2.69. The molecule has 4 N–H and O–H groups in total. The molecule has 2 aromatic carbocycles. The topological polar surface area (TPSA) is 103 Å². The van der Waals surface area contributed by atoms with Crippen molar-refractivity contribution in [2.24, 2.45) is 5.73 Å². The van der Waals surface area contributed by atoms with Gasteiger partial charge in [0, 0.05) is 12.1 Å². The minimum absolute atomic E-state index is 0.0448. The first-order chi connectivity index (χ1) is 12.9. The van der Waals surface area contributed by atoms with Gasteiger partial charge in [0.15, 0.2) is 11.5 Å². The second-order valence-corrected chi connectivity index (χ2v) is 6.09. The summed E-state index contributed by atoms with van der Waals surface area (Å²) in [5.74, 6) is 1.26. The SMILES string of the molecule is COc1ccc(CCC(=O)NC(C)c2ccc(NC(N)=O)cc2)cc1OC. The summed E-state index contributed by atoms with van der Waals surface area (Å²) < 4.78 is 10.5. The van der Waals surface area contributed by atoms with Gasteiger partial charge in [0.25, 0.3) is 0 Å². The number of carbonyl (C=O) groups excluding carboxylic acids is 2. The zero-order valence-corrected chi connectivity index (χ0v) is 15.7. The predicted molar refractivity (Wildman–Crippen MR) is 104 cm³/mol. The van der Waals surface area contributed by atoms with Crippen LogP contribution >= 0.6 is 0 Å². The van der Waals surface area contributed by atoms with Gasteiger partial charge in [-0.2, -0.15) is 0 Å². The van der Waals surface area contributed by atoms with Crippen LogP contribution in [0.1, 0.15) is 30.5 Å². The molecule has 3 amide bonds. The Bertz CT molecular complexity index is 790. The molecule has 0 spiro atoms. The van der Waals surface area contributed by atoms with Crippen molar-refractivity contribution in [3.05, 3.63) is 53.6 Å². The van der Waals surface area contributed by atoms with Crippen molar-refractivity contribution in [2.45, 2.75) is 25.8 Å². The van der Waals surface area contributed by atoms with Crippen LogP contribution in [0.15, 0.2) is 42.5 Å². The highest BCUT2D eigenvalue weighted by molar-refractivity contribution is 5.87. The van der Waals surface area contributed by atoms with Crippen molar-refractivity contribution >= 4 is 17.6 Å². The van der Waals surface area contributed by atoms with Crippen LogP contribution in [0.3, 0.4) is 0 Å². The van der Waals surface area contributed by atoms with Crippen molar-refractivity contribution in [1.29, 1.82) is 0 Å². The largest absolute Gasteiger partial charge is 0.493 e. The van der Waals surface area contributed by atoms with E-state index in [0.717, 1.165) is 11.1 Å². The number of benzene rings is 2. The first kappa shape index (κ1) is 20.1. The molecule has 27 heavy (non-hydrogen) atoms. The first-order valence-corrected chi connectivity index (χ1v) is 8.59. The van der Waals surface area contributed by atoms with Crippen LogP contribution < -0.4 is 25.8 Å². The molecule has 7 heteroatoms. The van der Waals surface area contributed by atoms with Crippen LogP contribution in [0.5, 0.6) is 11.5 Å². The van der Waals surface area contributed by atoms with E-state index in [1.54, 1.807) is 26.4 Å². The van der Waals surface area contributed by atoms with E-state index >= 15 is 0 Å². The molecule has 144 valence electrons. The Morgan fingerprint density at radius 1 is 1.04 bits per heavy atom. The lowest BCUT2D eigenvalue weighted by Gasteiger charge is -2.15. The van der Waals surface area contributed by atoms with E-state index in [2.05, 4.69) is 10.6 Å². The number of nitrogens with one attached hydrogen (secondary N) is 2. The van der Waals surface area contributed by atoms with Crippen molar-refractivity contribution in [2.75, 3.05) is 19.5 Å². The molecule has 7 nitrogen and oxygen atoms in total. The smallest absolute Gasteiger partial charge is 0.316 e. The highest BCUT2D eigenvalue weighted by Crippen LogP contribution is 2.28. The van der Waals surface area contributed by atoms with Gasteiger partial charge < -0.3 is 25.8 Å². The second kappa shape index (κ2) is 9.47. The maximum absolute atomic E-state index is 12.2. The number of nitrogens with two attached hydrogens (primary N) is 1. The maximum Gasteiger partial charge on any atom is 0.316 e. The zero-order chi connectivity index (χ0) is 19.8. The van der Waals surface area contributed by atoms with Crippen LogP contribution in [-0.4, -0.2) is 26.2 Å². The third-order valence-corrected chi connectivity index (χ3v) is 4.14. The van der Waals surface area contributed by atoms with E-state index in [-0.39, 0.29) is 11.9 Å².